The number of halogens is 1. The molecule has 2 rings (SSSR count). The molecule has 0 aromatic heterocycles. The molecular formula is C24H31ClN2O6. The van der Waals surface area contributed by atoms with E-state index in [2.05, 4.69) is 10.1 Å². The van der Waals surface area contributed by atoms with Gasteiger partial charge in [-0.25, -0.2) is 14.7 Å². The van der Waals surface area contributed by atoms with E-state index in [-0.39, 0.29) is 12.5 Å². The summed E-state index contributed by atoms with van der Waals surface area (Å²) in [6.07, 6.45) is -0.309. The van der Waals surface area contributed by atoms with Crippen LogP contribution in [-0.4, -0.2) is 49.3 Å². The normalized spacial score (nSPS) is 11.0. The van der Waals surface area contributed by atoms with E-state index in [9.17, 15) is 14.4 Å². The molecule has 0 saturated carbocycles. The van der Waals surface area contributed by atoms with Crippen LogP contribution in [0.15, 0.2) is 60.7 Å². The van der Waals surface area contributed by atoms with Gasteiger partial charge in [-0.2, -0.15) is 0 Å². The van der Waals surface area contributed by atoms with Crippen LogP contribution in [0.4, 0.5) is 9.59 Å². The molecule has 180 valence electrons. The third-order valence-electron chi connectivity index (χ3n) is 4.20. The summed E-state index contributed by atoms with van der Waals surface area (Å²) in [6, 6.07) is 18.0. The van der Waals surface area contributed by atoms with Crippen LogP contribution in [-0.2, 0) is 32.1 Å². The Morgan fingerprint density at radius 3 is 1.94 bits per heavy atom. The summed E-state index contributed by atoms with van der Waals surface area (Å²) in [5.74, 6) is 0.000661. The molecule has 0 aliphatic heterocycles. The molecule has 0 aliphatic carbocycles. The zero-order valence-electron chi connectivity index (χ0n) is 19.3. The van der Waals surface area contributed by atoms with Crippen LogP contribution in [0.1, 0.15) is 25.0 Å². The maximum atomic E-state index is 12.4. The van der Waals surface area contributed by atoms with E-state index in [1.165, 1.54) is 14.2 Å². The predicted octanol–water partition coefficient (Wildman–Crippen LogP) is 4.56. The first kappa shape index (κ1) is 27.9. The van der Waals surface area contributed by atoms with E-state index < -0.39 is 17.6 Å². The maximum Gasteiger partial charge on any atom is 0.408 e. The van der Waals surface area contributed by atoms with Crippen LogP contribution in [0.25, 0.3) is 0 Å². The lowest BCUT2D eigenvalue weighted by atomic mass is 10.1. The number of hydrogen-bond acceptors (Lipinski definition) is 6. The van der Waals surface area contributed by atoms with E-state index >= 15 is 0 Å². The van der Waals surface area contributed by atoms with Crippen molar-refractivity contribution in [1.82, 2.24) is 10.4 Å². The van der Waals surface area contributed by atoms with Crippen molar-refractivity contribution in [2.75, 3.05) is 20.8 Å². The Balaban J connectivity index is 0.000000582. The minimum Gasteiger partial charge on any atom is -0.453 e. The van der Waals surface area contributed by atoms with E-state index in [0.717, 1.165) is 16.2 Å². The molecule has 0 unspecified atom stereocenters. The summed E-state index contributed by atoms with van der Waals surface area (Å²) in [7, 11) is 2.89. The number of carbonyl (C=O) groups excluding carboxylic acids is 3. The number of amides is 2. The maximum absolute atomic E-state index is 12.4. The molecule has 0 heterocycles. The van der Waals surface area contributed by atoms with Crippen molar-refractivity contribution in [1.29, 1.82) is 0 Å². The van der Waals surface area contributed by atoms with Gasteiger partial charge in [0.05, 0.1) is 13.7 Å². The summed E-state index contributed by atoms with van der Waals surface area (Å²) in [5, 5.41) is 3.71. The first-order chi connectivity index (χ1) is 15.7. The van der Waals surface area contributed by atoms with Gasteiger partial charge in [0.2, 0.25) is 0 Å². The van der Waals surface area contributed by atoms with Crippen LogP contribution < -0.4 is 5.32 Å². The number of alkyl carbamates (subject to hydrolysis) is 1. The number of ether oxygens (including phenoxy) is 2. The fourth-order valence-electron chi connectivity index (χ4n) is 2.50. The van der Waals surface area contributed by atoms with Gasteiger partial charge in [-0.15, -0.1) is 0 Å². The van der Waals surface area contributed by atoms with Gasteiger partial charge in [-0.3, -0.25) is 9.63 Å². The van der Waals surface area contributed by atoms with Crippen LogP contribution >= 0.6 is 11.6 Å². The number of carbonyl (C=O) groups is 3. The largest absolute Gasteiger partial charge is 0.453 e. The van der Waals surface area contributed by atoms with Crippen molar-refractivity contribution < 1.29 is 28.7 Å². The number of nitrogens with zero attached hydrogens (tertiary/aromatic N) is 1. The molecule has 8 nitrogen and oxygen atoms in total. The van der Waals surface area contributed by atoms with Gasteiger partial charge >= 0.3 is 11.5 Å². The summed E-state index contributed by atoms with van der Waals surface area (Å²) in [5.41, 5.74) is 1.07. The molecule has 2 aromatic carbocycles. The number of hydroxylamine groups is 2. The molecule has 1 atom stereocenters. The fourth-order valence-corrected chi connectivity index (χ4v) is 2.56. The topological polar surface area (TPSA) is 94.2 Å². The van der Waals surface area contributed by atoms with E-state index in [1.54, 1.807) is 0 Å². The fraction of sp³-hybridized carbons (Fsp3) is 0.375. The van der Waals surface area contributed by atoms with Crippen molar-refractivity contribution in [3.63, 3.8) is 0 Å². The summed E-state index contributed by atoms with van der Waals surface area (Å²) in [4.78, 5) is 39.3. The highest BCUT2D eigenvalue weighted by Crippen LogP contribution is 2.07. The van der Waals surface area contributed by atoms with E-state index in [4.69, 9.17) is 21.2 Å². The number of likely N-dealkylation sites (N-methyl/N-ethyl adjacent to an activating group) is 1. The molecule has 2 amide bonds. The lowest BCUT2D eigenvalue weighted by molar-refractivity contribution is -0.170. The minimum atomic E-state index is -0.782. The lowest BCUT2D eigenvalue weighted by Crippen LogP contribution is -2.48. The molecular weight excluding hydrogens is 448 g/mol. The smallest absolute Gasteiger partial charge is 0.408 e. The van der Waals surface area contributed by atoms with Gasteiger partial charge < -0.3 is 14.8 Å². The number of nitrogens with one attached hydrogen (secondary N) is 1. The van der Waals surface area contributed by atoms with Gasteiger partial charge in [-0.1, -0.05) is 74.5 Å². The molecule has 33 heavy (non-hydrogen) atoms. The van der Waals surface area contributed by atoms with Crippen LogP contribution in [0.3, 0.4) is 0 Å². The van der Waals surface area contributed by atoms with Crippen molar-refractivity contribution in [2.24, 2.45) is 5.92 Å². The number of hydrogen-bond donors (Lipinski definition) is 1. The van der Waals surface area contributed by atoms with Gasteiger partial charge in [0.1, 0.15) is 12.6 Å². The first-order valence-electron chi connectivity index (χ1n) is 10.4. The Morgan fingerprint density at radius 2 is 1.48 bits per heavy atom. The van der Waals surface area contributed by atoms with Crippen molar-refractivity contribution >= 4 is 29.0 Å². The van der Waals surface area contributed by atoms with Crippen molar-refractivity contribution in [3.05, 3.63) is 71.8 Å². The second-order valence-corrected chi connectivity index (χ2v) is 7.72. The number of rotatable bonds is 9. The minimum absolute atomic E-state index is 0.138. The van der Waals surface area contributed by atoms with E-state index in [1.807, 2.05) is 74.5 Å². The predicted molar refractivity (Wildman–Crippen MR) is 126 cm³/mol. The third-order valence-corrected chi connectivity index (χ3v) is 4.31. The van der Waals surface area contributed by atoms with Crippen LogP contribution in [0.5, 0.6) is 0 Å². The van der Waals surface area contributed by atoms with E-state index in [0.29, 0.717) is 18.9 Å². The Hall–Kier alpha value is -3.10. The van der Waals surface area contributed by atoms with Gasteiger partial charge in [0.25, 0.3) is 5.91 Å². The standard InChI is InChI=1S/C19H22N2O4.C5H9ClO2/c1-21(24-2)18(22)17(13-15-9-5-3-6-10-15)20-19(23)25-14-16-11-7-4-8-12-16;1-4(2)3-8-5(6)7/h3-12,17H,13-14H2,1-2H3,(H,20,23);4H,3H2,1-2H3/t17-;/m0./s1. The molecule has 0 radical (unpaired) electrons. The summed E-state index contributed by atoms with van der Waals surface area (Å²) < 4.78 is 9.63. The first-order valence-corrected chi connectivity index (χ1v) is 10.8. The summed E-state index contributed by atoms with van der Waals surface area (Å²) >= 11 is 4.86. The van der Waals surface area contributed by atoms with Gasteiger partial charge in [0, 0.05) is 25.1 Å². The van der Waals surface area contributed by atoms with Crippen LogP contribution in [0, 0.1) is 5.92 Å². The average Bonchev–Trinajstić information content (AvgIpc) is 2.81. The molecule has 0 spiro atoms. The Labute approximate surface area is 199 Å². The van der Waals surface area contributed by atoms with Gasteiger partial charge in [-0.05, 0) is 17.0 Å². The second kappa shape index (κ2) is 15.7. The van der Waals surface area contributed by atoms with Crippen LogP contribution in [0.2, 0.25) is 0 Å². The zero-order chi connectivity index (χ0) is 24.6. The molecule has 0 aliphatic rings. The quantitative estimate of drug-likeness (QED) is 0.419. The van der Waals surface area contributed by atoms with Crippen molar-refractivity contribution in [2.45, 2.75) is 32.9 Å². The number of benzene rings is 2. The molecule has 0 saturated heterocycles. The lowest BCUT2D eigenvalue weighted by Gasteiger charge is -2.22. The highest BCUT2D eigenvalue weighted by atomic mass is 35.5. The molecule has 2 aromatic rings. The second-order valence-electron chi connectivity index (χ2n) is 7.41. The highest BCUT2D eigenvalue weighted by molar-refractivity contribution is 6.61. The Kier molecular flexibility index (Phi) is 13.3. The van der Waals surface area contributed by atoms with Crippen molar-refractivity contribution in [3.8, 4) is 0 Å². The molecule has 9 heteroatoms. The molecule has 1 N–H and O–H groups in total. The third kappa shape index (κ3) is 12.5. The highest BCUT2D eigenvalue weighted by Gasteiger charge is 2.25. The molecule has 0 bridgehead atoms. The van der Waals surface area contributed by atoms with Gasteiger partial charge in [0.15, 0.2) is 0 Å². The monoisotopic (exact) mass is 478 g/mol. The summed E-state index contributed by atoms with van der Waals surface area (Å²) in [6.45, 7) is 4.43. The zero-order valence-corrected chi connectivity index (χ0v) is 20.1. The molecule has 0 fully saturated rings. The average molecular weight is 479 g/mol. The Bertz CT molecular complexity index is 849. The SMILES string of the molecule is CC(C)COC(=O)Cl.CON(C)C(=O)[C@H](Cc1ccccc1)NC(=O)OCc1ccccc1. The Morgan fingerprint density at radius 1 is 0.939 bits per heavy atom.